The van der Waals surface area contributed by atoms with Gasteiger partial charge in [-0.1, -0.05) is 0 Å². The molecule has 2 amide bonds. The number of rotatable bonds is 3. The van der Waals surface area contributed by atoms with Gasteiger partial charge in [-0.05, 0) is 31.0 Å². The highest BCUT2D eigenvalue weighted by Gasteiger charge is 2.28. The van der Waals surface area contributed by atoms with E-state index in [9.17, 15) is 9.59 Å². The third-order valence-corrected chi connectivity index (χ3v) is 3.85. The highest BCUT2D eigenvalue weighted by Crippen LogP contribution is 2.25. The molecule has 1 fully saturated rings. The Bertz CT molecular complexity index is 537. The molecule has 0 aromatic heterocycles. The Hall–Kier alpha value is -2.24. The van der Waals surface area contributed by atoms with Crippen molar-refractivity contribution >= 4 is 17.5 Å². The van der Waals surface area contributed by atoms with E-state index in [1.165, 1.54) is 7.11 Å². The summed E-state index contributed by atoms with van der Waals surface area (Å²) in [6.07, 6.45) is 1.35. The molecular formula is C15H21N3O3. The van der Waals surface area contributed by atoms with Crippen LogP contribution in [0.4, 0.5) is 5.69 Å². The molecule has 1 heterocycles. The molecule has 114 valence electrons. The summed E-state index contributed by atoms with van der Waals surface area (Å²) in [5.41, 5.74) is 6.75. The van der Waals surface area contributed by atoms with Gasteiger partial charge in [0.2, 0.25) is 5.91 Å². The minimum absolute atomic E-state index is 0.0122. The van der Waals surface area contributed by atoms with Crippen LogP contribution in [-0.2, 0) is 4.79 Å². The van der Waals surface area contributed by atoms with Crippen LogP contribution in [0.3, 0.4) is 0 Å². The van der Waals surface area contributed by atoms with E-state index in [4.69, 9.17) is 10.5 Å². The summed E-state index contributed by atoms with van der Waals surface area (Å²) in [5.74, 6) is 0.447. The van der Waals surface area contributed by atoms with Crippen LogP contribution >= 0.6 is 0 Å². The molecule has 0 unspecified atom stereocenters. The van der Waals surface area contributed by atoms with Gasteiger partial charge >= 0.3 is 0 Å². The molecule has 6 heteroatoms. The van der Waals surface area contributed by atoms with Crippen molar-refractivity contribution in [1.82, 2.24) is 10.2 Å². The number of anilines is 1. The van der Waals surface area contributed by atoms with Gasteiger partial charge < -0.3 is 20.7 Å². The zero-order valence-electron chi connectivity index (χ0n) is 12.4. The number of nitrogens with zero attached hydrogens (tertiary/aromatic N) is 1. The third kappa shape index (κ3) is 3.26. The quantitative estimate of drug-likeness (QED) is 0.810. The average molecular weight is 291 g/mol. The monoisotopic (exact) mass is 291 g/mol. The van der Waals surface area contributed by atoms with Crippen molar-refractivity contribution in [3.8, 4) is 5.75 Å². The Labute approximate surface area is 124 Å². The molecule has 1 aromatic rings. The lowest BCUT2D eigenvalue weighted by Crippen LogP contribution is -2.42. The lowest BCUT2D eigenvalue weighted by molar-refractivity contribution is -0.125. The number of amides is 2. The molecule has 1 saturated heterocycles. The van der Waals surface area contributed by atoms with E-state index in [1.807, 2.05) is 0 Å². The van der Waals surface area contributed by atoms with Gasteiger partial charge in [0, 0.05) is 31.7 Å². The van der Waals surface area contributed by atoms with Crippen molar-refractivity contribution in [2.75, 3.05) is 33.0 Å². The van der Waals surface area contributed by atoms with Gasteiger partial charge in [-0.2, -0.15) is 0 Å². The fourth-order valence-electron chi connectivity index (χ4n) is 2.61. The van der Waals surface area contributed by atoms with Crippen LogP contribution in [0.25, 0.3) is 0 Å². The number of nitrogens with one attached hydrogen (secondary N) is 1. The number of benzene rings is 1. The number of carbonyl (C=O) groups excluding carboxylic acids is 2. The Balaban J connectivity index is 2.09. The number of likely N-dealkylation sites (tertiary alicyclic amines) is 1. The topological polar surface area (TPSA) is 84.7 Å². The summed E-state index contributed by atoms with van der Waals surface area (Å²) in [7, 11) is 3.16. The molecule has 3 N–H and O–H groups in total. The third-order valence-electron chi connectivity index (χ3n) is 3.85. The molecule has 0 aliphatic carbocycles. The van der Waals surface area contributed by atoms with Gasteiger partial charge in [0.25, 0.3) is 5.91 Å². The second-order valence-corrected chi connectivity index (χ2v) is 5.14. The van der Waals surface area contributed by atoms with Crippen LogP contribution < -0.4 is 15.8 Å². The smallest absolute Gasteiger partial charge is 0.257 e. The number of piperidine rings is 1. The molecule has 2 rings (SSSR count). The van der Waals surface area contributed by atoms with E-state index >= 15 is 0 Å². The normalized spacial score (nSPS) is 15.6. The molecule has 1 aromatic carbocycles. The maximum absolute atomic E-state index is 12.6. The Morgan fingerprint density at radius 3 is 2.57 bits per heavy atom. The second-order valence-electron chi connectivity index (χ2n) is 5.14. The van der Waals surface area contributed by atoms with E-state index < -0.39 is 0 Å². The molecule has 21 heavy (non-hydrogen) atoms. The number of hydrogen-bond donors (Lipinski definition) is 2. The van der Waals surface area contributed by atoms with Crippen molar-refractivity contribution in [3.05, 3.63) is 23.8 Å². The van der Waals surface area contributed by atoms with Crippen molar-refractivity contribution in [3.63, 3.8) is 0 Å². The molecule has 0 radical (unpaired) electrons. The SMILES string of the molecule is CNC(=O)C1CCN(C(=O)c2cc(N)ccc2OC)CC1. The zero-order valence-corrected chi connectivity index (χ0v) is 12.4. The molecule has 0 spiro atoms. The van der Waals surface area contributed by atoms with Crippen molar-refractivity contribution in [2.24, 2.45) is 5.92 Å². The summed E-state index contributed by atoms with van der Waals surface area (Å²) in [6, 6.07) is 5.03. The maximum Gasteiger partial charge on any atom is 0.257 e. The second kappa shape index (κ2) is 6.47. The fourth-order valence-corrected chi connectivity index (χ4v) is 2.61. The number of nitrogen functional groups attached to an aromatic ring is 1. The van der Waals surface area contributed by atoms with Gasteiger partial charge in [-0.3, -0.25) is 9.59 Å². The number of carbonyl (C=O) groups is 2. The minimum atomic E-state index is -0.102. The molecule has 1 aliphatic rings. The number of nitrogens with two attached hydrogens (primary N) is 1. The predicted octanol–water partition coefficient (Wildman–Crippen LogP) is 0.876. The highest BCUT2D eigenvalue weighted by molar-refractivity contribution is 5.98. The zero-order chi connectivity index (χ0) is 15.4. The van der Waals surface area contributed by atoms with E-state index in [0.717, 1.165) is 0 Å². The van der Waals surface area contributed by atoms with Gasteiger partial charge in [0.15, 0.2) is 0 Å². The lowest BCUT2D eigenvalue weighted by atomic mass is 9.95. The van der Waals surface area contributed by atoms with Gasteiger partial charge in [0.05, 0.1) is 12.7 Å². The predicted molar refractivity (Wildman–Crippen MR) is 80.1 cm³/mol. The van der Waals surface area contributed by atoms with Crippen LogP contribution in [-0.4, -0.2) is 44.0 Å². The van der Waals surface area contributed by atoms with Gasteiger partial charge in [-0.15, -0.1) is 0 Å². The van der Waals surface area contributed by atoms with Crippen molar-refractivity contribution in [2.45, 2.75) is 12.8 Å². The molecule has 0 bridgehead atoms. The fraction of sp³-hybridized carbons (Fsp3) is 0.467. The van der Waals surface area contributed by atoms with Crippen LogP contribution in [0.15, 0.2) is 18.2 Å². The minimum Gasteiger partial charge on any atom is -0.496 e. The first-order chi connectivity index (χ1) is 10.1. The highest BCUT2D eigenvalue weighted by atomic mass is 16.5. The average Bonchev–Trinajstić information content (AvgIpc) is 2.53. The number of hydrogen-bond acceptors (Lipinski definition) is 4. The first-order valence-corrected chi connectivity index (χ1v) is 7.01. The van der Waals surface area contributed by atoms with Crippen molar-refractivity contribution < 1.29 is 14.3 Å². The number of ether oxygens (including phenoxy) is 1. The molecule has 0 saturated carbocycles. The van der Waals surface area contributed by atoms with E-state index in [1.54, 1.807) is 30.1 Å². The lowest BCUT2D eigenvalue weighted by Gasteiger charge is -2.31. The summed E-state index contributed by atoms with van der Waals surface area (Å²) >= 11 is 0. The van der Waals surface area contributed by atoms with Crippen LogP contribution in [0.1, 0.15) is 23.2 Å². The number of methoxy groups -OCH3 is 1. The summed E-state index contributed by atoms with van der Waals surface area (Å²) in [4.78, 5) is 25.9. The molecular weight excluding hydrogens is 270 g/mol. The van der Waals surface area contributed by atoms with Crippen LogP contribution in [0.2, 0.25) is 0 Å². The molecule has 6 nitrogen and oxygen atoms in total. The van der Waals surface area contributed by atoms with E-state index in [2.05, 4.69) is 5.32 Å². The standard InChI is InChI=1S/C15H21N3O3/c1-17-14(19)10-5-7-18(8-6-10)15(20)12-9-11(16)3-4-13(12)21-2/h3-4,9-10H,5-8,16H2,1-2H3,(H,17,19). The molecule has 0 atom stereocenters. The summed E-state index contributed by atoms with van der Waals surface area (Å²) < 4.78 is 5.22. The summed E-state index contributed by atoms with van der Waals surface area (Å²) in [5, 5.41) is 2.66. The Morgan fingerprint density at radius 1 is 1.33 bits per heavy atom. The van der Waals surface area contributed by atoms with Gasteiger partial charge in [-0.25, -0.2) is 0 Å². The first kappa shape index (κ1) is 15.2. The maximum atomic E-state index is 12.6. The van der Waals surface area contributed by atoms with Crippen molar-refractivity contribution in [1.29, 1.82) is 0 Å². The molecule has 1 aliphatic heterocycles. The Kier molecular flexibility index (Phi) is 4.67. The summed E-state index contributed by atoms with van der Waals surface area (Å²) in [6.45, 7) is 1.13. The Morgan fingerprint density at radius 2 is 2.00 bits per heavy atom. The van der Waals surface area contributed by atoms with Crippen LogP contribution in [0, 0.1) is 5.92 Å². The van der Waals surface area contributed by atoms with Gasteiger partial charge in [0.1, 0.15) is 5.75 Å². The van der Waals surface area contributed by atoms with E-state index in [0.29, 0.717) is 42.9 Å². The first-order valence-electron chi connectivity index (χ1n) is 7.01. The van der Waals surface area contributed by atoms with E-state index in [-0.39, 0.29) is 17.7 Å². The van der Waals surface area contributed by atoms with Crippen LogP contribution in [0.5, 0.6) is 5.75 Å². The largest absolute Gasteiger partial charge is 0.496 e.